The average Bonchev–Trinajstić information content (AvgIpc) is 2.66. The third-order valence-electron chi connectivity index (χ3n) is 4.52. The highest BCUT2D eigenvalue weighted by Gasteiger charge is 2.22. The molecule has 0 bridgehead atoms. The van der Waals surface area contributed by atoms with Crippen molar-refractivity contribution in [1.82, 2.24) is 15.2 Å². The normalized spacial score (nSPS) is 17.2. The summed E-state index contributed by atoms with van der Waals surface area (Å²) >= 11 is 0. The predicted octanol–water partition coefficient (Wildman–Crippen LogP) is 2.88. The fourth-order valence-corrected chi connectivity index (χ4v) is 3.13. The minimum Gasteiger partial charge on any atom is -0.348 e. The van der Waals surface area contributed by atoms with Gasteiger partial charge in [0.05, 0.1) is 0 Å². The first-order valence-corrected chi connectivity index (χ1v) is 8.70. The van der Waals surface area contributed by atoms with Crippen molar-refractivity contribution in [3.63, 3.8) is 0 Å². The molecule has 1 aliphatic rings. The van der Waals surface area contributed by atoms with Gasteiger partial charge in [0.15, 0.2) is 0 Å². The third-order valence-corrected chi connectivity index (χ3v) is 4.52. The van der Waals surface area contributed by atoms with Gasteiger partial charge in [0.2, 0.25) is 0 Å². The van der Waals surface area contributed by atoms with Crippen LogP contribution in [0.5, 0.6) is 0 Å². The molecule has 5 heteroatoms. The van der Waals surface area contributed by atoms with E-state index in [1.165, 1.54) is 6.42 Å². The Morgan fingerprint density at radius 2 is 1.96 bits per heavy atom. The second kappa shape index (κ2) is 7.92. The summed E-state index contributed by atoms with van der Waals surface area (Å²) in [6.45, 7) is 4.19. The third kappa shape index (κ3) is 4.44. The van der Waals surface area contributed by atoms with Gasteiger partial charge in [-0.25, -0.2) is 0 Å². The van der Waals surface area contributed by atoms with Crippen molar-refractivity contribution >= 4 is 11.8 Å². The molecule has 130 valence electrons. The molecule has 3 rings (SSSR count). The number of rotatable bonds is 4. The fraction of sp³-hybridized carbons (Fsp3) is 0.350. The van der Waals surface area contributed by atoms with Crippen molar-refractivity contribution in [1.29, 1.82) is 0 Å². The Balaban J connectivity index is 1.66. The van der Waals surface area contributed by atoms with Gasteiger partial charge in [0.25, 0.3) is 11.8 Å². The summed E-state index contributed by atoms with van der Waals surface area (Å²) in [5, 5.41) is 2.88. The highest BCUT2D eigenvalue weighted by molar-refractivity contribution is 5.99. The zero-order chi connectivity index (χ0) is 17.6. The summed E-state index contributed by atoms with van der Waals surface area (Å²) in [7, 11) is 0. The molecular formula is C20H23N3O2. The molecule has 0 saturated carbocycles. The minimum atomic E-state index is -0.182. The maximum absolute atomic E-state index is 12.7. The van der Waals surface area contributed by atoms with Gasteiger partial charge in [0.1, 0.15) is 0 Å². The SMILES string of the molecule is CC1CCCN(C(=O)c2cccc(C(=O)NCc3ccncc3)c2)C1. The van der Waals surface area contributed by atoms with Gasteiger partial charge in [-0.2, -0.15) is 0 Å². The maximum Gasteiger partial charge on any atom is 0.253 e. The molecule has 0 aliphatic carbocycles. The largest absolute Gasteiger partial charge is 0.348 e. The number of piperidine rings is 1. The molecule has 1 N–H and O–H groups in total. The summed E-state index contributed by atoms with van der Waals surface area (Å²) in [5.74, 6) is 0.360. The lowest BCUT2D eigenvalue weighted by Gasteiger charge is -2.31. The molecule has 2 amide bonds. The highest BCUT2D eigenvalue weighted by atomic mass is 16.2. The topological polar surface area (TPSA) is 62.3 Å². The van der Waals surface area contributed by atoms with Gasteiger partial charge >= 0.3 is 0 Å². The lowest BCUT2D eigenvalue weighted by molar-refractivity contribution is 0.0683. The summed E-state index contributed by atoms with van der Waals surface area (Å²) in [6.07, 6.45) is 5.60. The van der Waals surface area contributed by atoms with E-state index in [0.717, 1.165) is 25.1 Å². The van der Waals surface area contributed by atoms with Crippen LogP contribution in [0.25, 0.3) is 0 Å². The van der Waals surface area contributed by atoms with Crippen LogP contribution in [0, 0.1) is 5.92 Å². The van der Waals surface area contributed by atoms with Gasteiger partial charge in [0, 0.05) is 43.2 Å². The Morgan fingerprint density at radius 3 is 2.72 bits per heavy atom. The summed E-state index contributed by atoms with van der Waals surface area (Å²) in [5.41, 5.74) is 2.06. The van der Waals surface area contributed by atoms with E-state index in [-0.39, 0.29) is 11.8 Å². The Morgan fingerprint density at radius 1 is 1.20 bits per heavy atom. The first-order chi connectivity index (χ1) is 12.1. The predicted molar refractivity (Wildman–Crippen MR) is 96.2 cm³/mol. The zero-order valence-electron chi connectivity index (χ0n) is 14.4. The van der Waals surface area contributed by atoms with Gasteiger partial charge in [-0.3, -0.25) is 14.6 Å². The van der Waals surface area contributed by atoms with Crippen LogP contribution in [-0.2, 0) is 6.54 Å². The zero-order valence-corrected chi connectivity index (χ0v) is 14.4. The quantitative estimate of drug-likeness (QED) is 0.933. The van der Waals surface area contributed by atoms with Crippen LogP contribution in [0.2, 0.25) is 0 Å². The average molecular weight is 337 g/mol. The lowest BCUT2D eigenvalue weighted by atomic mass is 9.99. The number of carbonyl (C=O) groups excluding carboxylic acids is 2. The molecule has 5 nitrogen and oxygen atoms in total. The summed E-state index contributed by atoms with van der Waals surface area (Å²) < 4.78 is 0. The number of nitrogens with zero attached hydrogens (tertiary/aromatic N) is 2. The molecule has 1 aromatic carbocycles. The number of likely N-dealkylation sites (tertiary alicyclic amines) is 1. The van der Waals surface area contributed by atoms with Crippen LogP contribution in [-0.4, -0.2) is 34.8 Å². The molecule has 1 atom stereocenters. The van der Waals surface area contributed by atoms with Crippen molar-refractivity contribution in [2.24, 2.45) is 5.92 Å². The van der Waals surface area contributed by atoms with Crippen LogP contribution >= 0.6 is 0 Å². The smallest absolute Gasteiger partial charge is 0.253 e. The number of amides is 2. The maximum atomic E-state index is 12.7. The number of benzene rings is 1. The van der Waals surface area contributed by atoms with Gasteiger partial charge in [-0.05, 0) is 54.7 Å². The molecule has 1 aliphatic heterocycles. The van der Waals surface area contributed by atoms with Crippen LogP contribution in [0.4, 0.5) is 0 Å². The Labute approximate surface area is 148 Å². The van der Waals surface area contributed by atoms with Crippen molar-refractivity contribution < 1.29 is 9.59 Å². The van der Waals surface area contributed by atoms with Crippen LogP contribution in [0.3, 0.4) is 0 Å². The van der Waals surface area contributed by atoms with Crippen molar-refractivity contribution in [2.75, 3.05) is 13.1 Å². The second-order valence-corrected chi connectivity index (χ2v) is 6.62. The standard InChI is InChI=1S/C20H23N3O2/c1-15-4-3-11-23(14-15)20(25)18-6-2-5-17(12-18)19(24)22-13-16-7-9-21-10-8-16/h2,5-10,12,15H,3-4,11,13-14H2,1H3,(H,22,24). The number of hydrogen-bond donors (Lipinski definition) is 1. The van der Waals surface area contributed by atoms with Gasteiger partial charge in [-0.1, -0.05) is 13.0 Å². The number of nitrogens with one attached hydrogen (secondary N) is 1. The number of pyridine rings is 1. The molecule has 2 aromatic rings. The van der Waals surface area contributed by atoms with E-state index in [1.54, 1.807) is 36.7 Å². The van der Waals surface area contributed by atoms with Crippen molar-refractivity contribution in [3.8, 4) is 0 Å². The summed E-state index contributed by atoms with van der Waals surface area (Å²) in [4.78, 5) is 30.9. The number of carbonyl (C=O) groups is 2. The molecule has 0 spiro atoms. The van der Waals surface area contributed by atoms with Crippen LogP contribution in [0.1, 0.15) is 46.0 Å². The molecule has 1 fully saturated rings. The number of hydrogen-bond acceptors (Lipinski definition) is 3. The second-order valence-electron chi connectivity index (χ2n) is 6.62. The summed E-state index contributed by atoms with van der Waals surface area (Å²) in [6, 6.07) is 10.7. The molecule has 2 heterocycles. The fourth-order valence-electron chi connectivity index (χ4n) is 3.13. The molecule has 0 radical (unpaired) electrons. The van der Waals surface area contributed by atoms with E-state index in [2.05, 4.69) is 17.2 Å². The van der Waals surface area contributed by atoms with E-state index in [0.29, 0.717) is 23.6 Å². The molecule has 25 heavy (non-hydrogen) atoms. The van der Waals surface area contributed by atoms with Gasteiger partial charge in [-0.15, -0.1) is 0 Å². The molecular weight excluding hydrogens is 314 g/mol. The van der Waals surface area contributed by atoms with E-state index >= 15 is 0 Å². The number of aromatic nitrogens is 1. The van der Waals surface area contributed by atoms with E-state index in [4.69, 9.17) is 0 Å². The molecule has 1 saturated heterocycles. The first kappa shape index (κ1) is 17.1. The van der Waals surface area contributed by atoms with E-state index in [1.807, 2.05) is 17.0 Å². The van der Waals surface area contributed by atoms with Crippen LogP contribution < -0.4 is 5.32 Å². The van der Waals surface area contributed by atoms with Gasteiger partial charge < -0.3 is 10.2 Å². The molecule has 1 aromatic heterocycles. The lowest BCUT2D eigenvalue weighted by Crippen LogP contribution is -2.39. The monoisotopic (exact) mass is 337 g/mol. The Bertz CT molecular complexity index is 746. The highest BCUT2D eigenvalue weighted by Crippen LogP contribution is 2.18. The minimum absolute atomic E-state index is 0.00957. The van der Waals surface area contributed by atoms with E-state index < -0.39 is 0 Å². The molecule has 1 unspecified atom stereocenters. The van der Waals surface area contributed by atoms with Crippen LogP contribution in [0.15, 0.2) is 48.8 Å². The Kier molecular flexibility index (Phi) is 5.43. The Hall–Kier alpha value is -2.69. The van der Waals surface area contributed by atoms with Crippen molar-refractivity contribution in [2.45, 2.75) is 26.3 Å². The first-order valence-electron chi connectivity index (χ1n) is 8.70. The van der Waals surface area contributed by atoms with E-state index in [9.17, 15) is 9.59 Å². The van der Waals surface area contributed by atoms with Crippen molar-refractivity contribution in [3.05, 3.63) is 65.5 Å².